The van der Waals surface area contributed by atoms with E-state index in [1.807, 2.05) is 13.8 Å². The van der Waals surface area contributed by atoms with Crippen LogP contribution in [0.3, 0.4) is 0 Å². The summed E-state index contributed by atoms with van der Waals surface area (Å²) >= 11 is 0. The first-order chi connectivity index (χ1) is 28.6. The van der Waals surface area contributed by atoms with Crippen molar-refractivity contribution in [2.24, 2.45) is 34.5 Å². The highest BCUT2D eigenvalue weighted by molar-refractivity contribution is 6.02. The largest absolute Gasteiger partial charge is 0.460 e. The van der Waals surface area contributed by atoms with Crippen LogP contribution < -0.4 is 5.32 Å². The predicted molar refractivity (Wildman–Crippen MR) is 214 cm³/mol. The van der Waals surface area contributed by atoms with Crippen molar-refractivity contribution in [3.8, 4) is 0 Å². The van der Waals surface area contributed by atoms with E-state index in [9.17, 15) is 39.3 Å². The number of carbonyl (C=O) groups is 6. The molecular formula is C45H61NO15. The first kappa shape index (κ1) is 46.1. The first-order valence-corrected chi connectivity index (χ1v) is 21.4. The summed E-state index contributed by atoms with van der Waals surface area (Å²) in [5.74, 6) is -7.98. The minimum atomic E-state index is -2.36. The number of hydrogen-bond acceptors (Lipinski definition) is 15. The summed E-state index contributed by atoms with van der Waals surface area (Å²) in [6.45, 7) is 11.9. The molecule has 1 aromatic carbocycles. The highest BCUT2D eigenvalue weighted by Gasteiger charge is 2.78. The van der Waals surface area contributed by atoms with E-state index in [0.29, 0.717) is 12.8 Å². The molecule has 61 heavy (non-hydrogen) atoms. The Morgan fingerprint density at radius 3 is 2.20 bits per heavy atom. The number of ether oxygens (including phenoxy) is 6. The van der Waals surface area contributed by atoms with E-state index in [4.69, 9.17) is 28.4 Å². The van der Waals surface area contributed by atoms with Gasteiger partial charge in [-0.2, -0.15) is 0 Å². The Labute approximate surface area is 356 Å². The molecule has 4 aliphatic carbocycles. The van der Waals surface area contributed by atoms with Crippen LogP contribution in [0.4, 0.5) is 4.79 Å². The summed E-state index contributed by atoms with van der Waals surface area (Å²) in [4.78, 5) is 82.9. The SMILES string of the molecule is CC(=O)OC1=C2C(C)C(OC(=O)C(O)C(NC(=O)OCC(C)C)C3CCCCC3)CC(O)(C(OC(=O)c3ccccc3)C3[C@]4(OC(C)=O)COC4CC(O)[C@@]3(C)C1=O)C2(C)C. The van der Waals surface area contributed by atoms with Crippen molar-refractivity contribution in [1.29, 1.82) is 0 Å². The highest BCUT2D eigenvalue weighted by Crippen LogP contribution is 2.65. The molecule has 1 aromatic rings. The number of ketones is 1. The summed E-state index contributed by atoms with van der Waals surface area (Å²) in [6.07, 6.45) is -5.36. The van der Waals surface area contributed by atoms with E-state index in [0.717, 1.165) is 33.1 Å². The Morgan fingerprint density at radius 2 is 1.62 bits per heavy atom. The fourth-order valence-corrected chi connectivity index (χ4v) is 10.8. The molecule has 9 unspecified atom stereocenters. The lowest BCUT2D eigenvalue weighted by Gasteiger charge is -2.67. The van der Waals surface area contributed by atoms with Crippen molar-refractivity contribution in [3.05, 3.63) is 47.2 Å². The number of fused-ring (bicyclic) bond motifs is 5. The average molecular weight is 856 g/mol. The molecule has 336 valence electrons. The van der Waals surface area contributed by atoms with Crippen LogP contribution >= 0.6 is 0 Å². The quantitative estimate of drug-likeness (QED) is 0.181. The second-order valence-electron chi connectivity index (χ2n) is 18.7. The standard InChI is InChI=1S/C45H61NO15/c1-23(2)21-56-41(54)46-33(27-15-11-9-12-16-27)34(50)40(53)59-29-20-45(55)38(60-39(52)28-17-13-10-14-18-28)36-43(8,30(49)19-31-44(36,22-57-31)61-26(5)48)37(51)35(58-25(4)47)32(24(29)3)42(45,6)7/h10,13-14,17-18,23-24,27,29-31,33-34,36,38,49-50,55H,9,11-12,15-16,19-22H2,1-8H3,(H,46,54)/t24?,29?,30?,31?,33?,34?,36?,38?,43-,44+,45?/m1/s1. The fourth-order valence-electron chi connectivity index (χ4n) is 10.8. The number of alkyl carbamates (subject to hydrolysis) is 1. The number of esters is 4. The van der Waals surface area contributed by atoms with Crippen molar-refractivity contribution in [2.45, 2.75) is 148 Å². The van der Waals surface area contributed by atoms with Gasteiger partial charge in [0.05, 0.1) is 42.3 Å². The maximum absolute atomic E-state index is 15.4. The first-order valence-electron chi connectivity index (χ1n) is 21.4. The Hall–Kier alpha value is -4.38. The monoisotopic (exact) mass is 855 g/mol. The minimum Gasteiger partial charge on any atom is -0.460 e. The molecule has 11 atom stereocenters. The van der Waals surface area contributed by atoms with Gasteiger partial charge in [0, 0.05) is 38.0 Å². The van der Waals surface area contributed by atoms with E-state index in [2.05, 4.69) is 5.32 Å². The molecule has 3 saturated carbocycles. The lowest BCUT2D eigenvalue weighted by molar-refractivity contribution is -0.345. The zero-order valence-electron chi connectivity index (χ0n) is 36.3. The molecule has 1 saturated heterocycles. The van der Waals surface area contributed by atoms with Crippen LogP contribution in [0.15, 0.2) is 41.7 Å². The zero-order chi connectivity index (χ0) is 44.8. The van der Waals surface area contributed by atoms with Crippen LogP contribution in [0.5, 0.6) is 0 Å². The van der Waals surface area contributed by atoms with Crippen molar-refractivity contribution in [3.63, 3.8) is 0 Å². The zero-order valence-corrected chi connectivity index (χ0v) is 36.3. The number of amides is 1. The van der Waals surface area contributed by atoms with Crippen molar-refractivity contribution in [2.75, 3.05) is 13.2 Å². The second-order valence-corrected chi connectivity index (χ2v) is 18.7. The Morgan fingerprint density at radius 1 is 0.967 bits per heavy atom. The molecule has 1 heterocycles. The van der Waals surface area contributed by atoms with Gasteiger partial charge in [-0.3, -0.25) is 14.4 Å². The van der Waals surface area contributed by atoms with E-state index in [1.165, 1.54) is 19.1 Å². The smallest absolute Gasteiger partial charge is 0.407 e. The van der Waals surface area contributed by atoms with Gasteiger partial charge in [0.2, 0.25) is 5.78 Å². The second kappa shape index (κ2) is 17.4. The third-order valence-electron chi connectivity index (χ3n) is 14.0. The molecule has 1 aliphatic heterocycles. The number of hydrogen-bond donors (Lipinski definition) is 4. The molecule has 0 radical (unpaired) electrons. The van der Waals surface area contributed by atoms with Crippen molar-refractivity contribution < 1.29 is 72.5 Å². The Kier molecular flexibility index (Phi) is 13.2. The molecule has 5 aliphatic rings. The average Bonchev–Trinajstić information content (AvgIpc) is 3.20. The topological polar surface area (TPSA) is 231 Å². The summed E-state index contributed by atoms with van der Waals surface area (Å²) in [5.41, 5.74) is -7.72. The summed E-state index contributed by atoms with van der Waals surface area (Å²) in [5, 5.41) is 40.2. The van der Waals surface area contributed by atoms with E-state index in [-0.39, 0.29) is 42.6 Å². The van der Waals surface area contributed by atoms with Gasteiger partial charge >= 0.3 is 30.0 Å². The lowest BCUT2D eigenvalue weighted by Crippen LogP contribution is -2.81. The number of nitrogens with one attached hydrogen (secondary N) is 1. The van der Waals surface area contributed by atoms with Gasteiger partial charge < -0.3 is 49.1 Å². The van der Waals surface area contributed by atoms with Crippen LogP contribution in [-0.2, 0) is 47.6 Å². The number of benzene rings is 1. The van der Waals surface area contributed by atoms with Crippen LogP contribution in [0, 0.1) is 34.5 Å². The van der Waals surface area contributed by atoms with Crippen molar-refractivity contribution >= 4 is 35.8 Å². The number of allylic oxidation sites excluding steroid dienone is 1. The maximum atomic E-state index is 15.4. The number of aliphatic hydroxyl groups excluding tert-OH is 2. The number of Topliss-reactive ketones (excluding diaryl/α,β-unsaturated/α-hetero) is 1. The van der Waals surface area contributed by atoms with Crippen LogP contribution in [0.25, 0.3) is 0 Å². The Balaban J connectivity index is 1.51. The third kappa shape index (κ3) is 8.20. The third-order valence-corrected chi connectivity index (χ3v) is 14.0. The number of aliphatic hydroxyl groups is 3. The molecule has 0 aromatic heterocycles. The molecule has 0 spiro atoms. The summed E-state index contributed by atoms with van der Waals surface area (Å²) in [6, 6.07) is 6.79. The number of rotatable bonds is 11. The van der Waals surface area contributed by atoms with Crippen LogP contribution in [0.1, 0.15) is 111 Å². The van der Waals surface area contributed by atoms with Gasteiger partial charge in [-0.25, -0.2) is 14.4 Å². The molecule has 4 N–H and O–H groups in total. The molecule has 16 heteroatoms. The number of carbonyl (C=O) groups excluding carboxylic acids is 6. The lowest BCUT2D eigenvalue weighted by atomic mass is 9.45. The van der Waals surface area contributed by atoms with E-state index in [1.54, 1.807) is 39.0 Å². The molecule has 16 nitrogen and oxygen atoms in total. The molecule has 2 bridgehead atoms. The molecule has 6 rings (SSSR count). The van der Waals surface area contributed by atoms with Crippen LogP contribution in [-0.4, -0.2) is 112 Å². The predicted octanol–water partition coefficient (Wildman–Crippen LogP) is 4.10. The van der Waals surface area contributed by atoms with Crippen molar-refractivity contribution in [1.82, 2.24) is 5.32 Å². The fraction of sp³-hybridized carbons (Fsp3) is 0.689. The highest BCUT2D eigenvalue weighted by atomic mass is 16.6. The maximum Gasteiger partial charge on any atom is 0.407 e. The minimum absolute atomic E-state index is 0.0223. The van der Waals surface area contributed by atoms with Gasteiger partial charge in [-0.05, 0) is 49.3 Å². The van der Waals surface area contributed by atoms with Crippen LogP contribution in [0.2, 0.25) is 0 Å². The Bertz CT molecular complexity index is 1910. The summed E-state index contributed by atoms with van der Waals surface area (Å²) in [7, 11) is 0. The van der Waals surface area contributed by atoms with Gasteiger partial charge in [0.15, 0.2) is 17.5 Å². The van der Waals surface area contributed by atoms with Gasteiger partial charge in [-0.1, -0.05) is 72.1 Å². The van der Waals surface area contributed by atoms with E-state index >= 15 is 4.79 Å². The van der Waals surface area contributed by atoms with E-state index < -0.39 is 118 Å². The van der Waals surface area contributed by atoms with Gasteiger partial charge in [-0.15, -0.1) is 0 Å². The normalized spacial score (nSPS) is 34.2. The van der Waals surface area contributed by atoms with Gasteiger partial charge in [0.25, 0.3) is 0 Å². The van der Waals surface area contributed by atoms with Gasteiger partial charge in [0.1, 0.15) is 23.9 Å². The molecule has 1 amide bonds. The molecule has 4 fully saturated rings. The molecular weight excluding hydrogens is 794 g/mol. The summed E-state index contributed by atoms with van der Waals surface area (Å²) < 4.78 is 35.6.